The zero-order valence-electron chi connectivity index (χ0n) is 16.8. The maximum atomic E-state index is 12.7. The third-order valence-corrected chi connectivity index (χ3v) is 5.33. The third-order valence-electron chi connectivity index (χ3n) is 5.33. The summed E-state index contributed by atoms with van der Waals surface area (Å²) in [5.74, 6) is 0.767. The Morgan fingerprint density at radius 1 is 1.21 bits per heavy atom. The minimum Gasteiger partial charge on any atom is -0.373 e. The van der Waals surface area contributed by atoms with Crippen LogP contribution in [0.1, 0.15) is 43.5 Å². The van der Waals surface area contributed by atoms with Gasteiger partial charge in [0.05, 0.1) is 23.3 Å². The molecule has 0 spiro atoms. The summed E-state index contributed by atoms with van der Waals surface area (Å²) >= 11 is 0. The molecule has 2 aromatic rings. The zero-order chi connectivity index (χ0) is 19.5. The van der Waals surface area contributed by atoms with Crippen LogP contribution in [0.3, 0.4) is 0 Å². The highest BCUT2D eigenvalue weighted by Crippen LogP contribution is 2.24. The van der Waals surface area contributed by atoms with Crippen molar-refractivity contribution in [2.45, 2.75) is 51.4 Å². The number of hydrogen-bond donors (Lipinski definition) is 2. The number of pyridine rings is 1. The molecule has 6 nitrogen and oxygen atoms in total. The summed E-state index contributed by atoms with van der Waals surface area (Å²) in [4.78, 5) is 19.8. The highest BCUT2D eigenvalue weighted by molar-refractivity contribution is 6.07. The second kappa shape index (κ2) is 8.45. The third kappa shape index (κ3) is 4.80. The van der Waals surface area contributed by atoms with Gasteiger partial charge >= 0.3 is 0 Å². The van der Waals surface area contributed by atoms with Gasteiger partial charge in [-0.2, -0.15) is 0 Å². The lowest BCUT2D eigenvalue weighted by Gasteiger charge is -2.35. The first kappa shape index (κ1) is 19.2. The van der Waals surface area contributed by atoms with Crippen molar-refractivity contribution < 1.29 is 9.53 Å². The molecule has 2 heterocycles. The summed E-state index contributed by atoms with van der Waals surface area (Å²) in [6, 6.07) is 10.1. The number of amides is 1. The van der Waals surface area contributed by atoms with Gasteiger partial charge in [0.15, 0.2) is 0 Å². The van der Waals surface area contributed by atoms with Gasteiger partial charge < -0.3 is 15.4 Å². The molecule has 1 aromatic heterocycles. The number of ether oxygens (including phenoxy) is 1. The largest absolute Gasteiger partial charge is 0.373 e. The molecule has 1 amide bonds. The smallest absolute Gasteiger partial charge is 0.252 e. The quantitative estimate of drug-likeness (QED) is 0.721. The van der Waals surface area contributed by atoms with Crippen LogP contribution in [-0.4, -0.2) is 60.2 Å². The molecule has 2 N–H and O–H groups in total. The fourth-order valence-corrected chi connectivity index (χ4v) is 3.93. The van der Waals surface area contributed by atoms with E-state index in [9.17, 15) is 4.79 Å². The number of carbonyl (C=O) groups is 1. The number of carbonyl (C=O) groups excluding carboxylic acids is 1. The van der Waals surface area contributed by atoms with E-state index in [1.807, 2.05) is 30.3 Å². The first-order valence-corrected chi connectivity index (χ1v) is 10.4. The molecule has 2 atom stereocenters. The molecule has 150 valence electrons. The second-order valence-electron chi connectivity index (χ2n) is 8.12. The summed E-state index contributed by atoms with van der Waals surface area (Å²) < 4.78 is 5.80. The van der Waals surface area contributed by atoms with E-state index in [-0.39, 0.29) is 5.91 Å². The number of para-hydroxylation sites is 1. The van der Waals surface area contributed by atoms with Gasteiger partial charge in [-0.05, 0) is 45.2 Å². The summed E-state index contributed by atoms with van der Waals surface area (Å²) in [5.41, 5.74) is 1.56. The average molecular weight is 383 g/mol. The topological polar surface area (TPSA) is 66.5 Å². The maximum Gasteiger partial charge on any atom is 0.252 e. The van der Waals surface area contributed by atoms with E-state index in [4.69, 9.17) is 9.72 Å². The van der Waals surface area contributed by atoms with Crippen LogP contribution in [0, 0.1) is 0 Å². The lowest BCUT2D eigenvalue weighted by Crippen LogP contribution is -2.45. The van der Waals surface area contributed by atoms with Crippen LogP contribution in [0.2, 0.25) is 0 Å². The summed E-state index contributed by atoms with van der Waals surface area (Å²) in [7, 11) is 0. The van der Waals surface area contributed by atoms with Crippen molar-refractivity contribution >= 4 is 22.6 Å². The second-order valence-corrected chi connectivity index (χ2v) is 8.12. The lowest BCUT2D eigenvalue weighted by molar-refractivity contribution is -0.0678. The van der Waals surface area contributed by atoms with E-state index in [1.54, 1.807) is 0 Å². The van der Waals surface area contributed by atoms with Crippen LogP contribution in [0.15, 0.2) is 30.3 Å². The number of rotatable bonds is 7. The molecular weight excluding hydrogens is 352 g/mol. The Balaban J connectivity index is 1.38. The Morgan fingerprint density at radius 3 is 2.71 bits per heavy atom. The van der Waals surface area contributed by atoms with Gasteiger partial charge in [0.2, 0.25) is 0 Å². The van der Waals surface area contributed by atoms with Gasteiger partial charge in [-0.3, -0.25) is 9.69 Å². The Hall–Kier alpha value is -2.18. The van der Waals surface area contributed by atoms with Crippen molar-refractivity contribution in [3.63, 3.8) is 0 Å². The summed E-state index contributed by atoms with van der Waals surface area (Å²) in [6.45, 7) is 8.11. The number of nitrogens with zero attached hydrogens (tertiary/aromatic N) is 2. The van der Waals surface area contributed by atoms with E-state index in [0.29, 0.717) is 23.8 Å². The molecule has 1 saturated heterocycles. The number of hydrogen-bond acceptors (Lipinski definition) is 5. The predicted molar refractivity (Wildman–Crippen MR) is 112 cm³/mol. The molecule has 1 aromatic carbocycles. The molecule has 6 heteroatoms. The van der Waals surface area contributed by atoms with Gasteiger partial charge in [0.1, 0.15) is 5.82 Å². The standard InChI is InChI=1S/C22H30N4O2/c1-15-13-26(14-16(2)28-15)11-5-10-23-21-12-19(22(27)24-17-8-9-17)18-6-3-4-7-20(18)25-21/h3-4,6-7,12,15-17H,5,8-11,13-14H2,1-2H3,(H,23,25)(H,24,27). The van der Waals surface area contributed by atoms with E-state index in [1.165, 1.54) is 0 Å². The first-order valence-electron chi connectivity index (χ1n) is 10.4. The average Bonchev–Trinajstić information content (AvgIpc) is 3.48. The number of fused-ring (bicyclic) bond motifs is 1. The molecule has 0 bridgehead atoms. The van der Waals surface area contributed by atoms with E-state index in [2.05, 4.69) is 29.4 Å². The van der Waals surface area contributed by atoms with Crippen LogP contribution in [-0.2, 0) is 4.74 Å². The lowest BCUT2D eigenvalue weighted by atomic mass is 10.1. The fourth-order valence-electron chi connectivity index (χ4n) is 3.93. The van der Waals surface area contributed by atoms with Crippen LogP contribution in [0.25, 0.3) is 10.9 Å². The molecule has 1 saturated carbocycles. The van der Waals surface area contributed by atoms with E-state index in [0.717, 1.165) is 62.2 Å². The Kier molecular flexibility index (Phi) is 5.78. The molecule has 0 radical (unpaired) electrons. The van der Waals surface area contributed by atoms with Gasteiger partial charge in [0, 0.05) is 37.6 Å². The summed E-state index contributed by atoms with van der Waals surface area (Å²) in [6.07, 6.45) is 3.78. The molecule has 4 rings (SSSR count). The fraction of sp³-hybridized carbons (Fsp3) is 0.545. The number of nitrogens with one attached hydrogen (secondary N) is 2. The number of aromatic nitrogens is 1. The number of morpholine rings is 1. The van der Waals surface area contributed by atoms with Crippen LogP contribution < -0.4 is 10.6 Å². The molecule has 2 aliphatic rings. The maximum absolute atomic E-state index is 12.7. The van der Waals surface area contributed by atoms with Crippen molar-refractivity contribution in [2.24, 2.45) is 0 Å². The normalized spacial score (nSPS) is 22.9. The Morgan fingerprint density at radius 2 is 1.96 bits per heavy atom. The van der Waals surface area contributed by atoms with Gasteiger partial charge in [0.25, 0.3) is 5.91 Å². The number of benzene rings is 1. The SMILES string of the molecule is CC1CN(CCCNc2cc(C(=O)NC3CC3)c3ccccc3n2)CC(C)O1. The predicted octanol–water partition coefficient (Wildman–Crippen LogP) is 3.04. The molecule has 1 aliphatic carbocycles. The first-order chi connectivity index (χ1) is 13.6. The van der Waals surface area contributed by atoms with E-state index >= 15 is 0 Å². The van der Waals surface area contributed by atoms with Gasteiger partial charge in [-0.25, -0.2) is 4.98 Å². The minimum atomic E-state index is 0.000409. The van der Waals surface area contributed by atoms with Crippen molar-refractivity contribution in [3.8, 4) is 0 Å². The van der Waals surface area contributed by atoms with Crippen LogP contribution >= 0.6 is 0 Å². The van der Waals surface area contributed by atoms with Crippen LogP contribution in [0.5, 0.6) is 0 Å². The van der Waals surface area contributed by atoms with Crippen molar-refractivity contribution in [1.29, 1.82) is 0 Å². The zero-order valence-corrected chi connectivity index (χ0v) is 16.8. The van der Waals surface area contributed by atoms with Crippen LogP contribution in [0.4, 0.5) is 5.82 Å². The van der Waals surface area contributed by atoms with Gasteiger partial charge in [-0.1, -0.05) is 18.2 Å². The van der Waals surface area contributed by atoms with E-state index < -0.39 is 0 Å². The Labute approximate surface area is 166 Å². The van der Waals surface area contributed by atoms with Gasteiger partial charge in [-0.15, -0.1) is 0 Å². The van der Waals surface area contributed by atoms with Crippen molar-refractivity contribution in [1.82, 2.24) is 15.2 Å². The monoisotopic (exact) mass is 382 g/mol. The highest BCUT2D eigenvalue weighted by Gasteiger charge is 2.25. The van der Waals surface area contributed by atoms with Crippen molar-refractivity contribution in [2.75, 3.05) is 31.5 Å². The molecule has 28 heavy (non-hydrogen) atoms. The Bertz CT molecular complexity index is 826. The molecular formula is C22H30N4O2. The molecule has 2 fully saturated rings. The van der Waals surface area contributed by atoms with Crippen molar-refractivity contribution in [3.05, 3.63) is 35.9 Å². The minimum absolute atomic E-state index is 0.000409. The number of anilines is 1. The summed E-state index contributed by atoms with van der Waals surface area (Å²) in [5, 5.41) is 7.41. The highest BCUT2D eigenvalue weighted by atomic mass is 16.5. The molecule has 1 aliphatic heterocycles. The molecule has 2 unspecified atom stereocenters.